The maximum atomic E-state index is 12.8. The highest BCUT2D eigenvalue weighted by atomic mass is 32.2. The minimum atomic E-state index is 0.00474. The number of aromatic nitrogens is 2. The number of amides is 1. The lowest BCUT2D eigenvalue weighted by Crippen LogP contribution is -2.33. The minimum absolute atomic E-state index is 0.00474. The van der Waals surface area contributed by atoms with E-state index in [0.717, 1.165) is 41.4 Å². The number of hydrogen-bond donors (Lipinski definition) is 1. The van der Waals surface area contributed by atoms with Gasteiger partial charge in [0.15, 0.2) is 5.16 Å². The number of benzene rings is 2. The van der Waals surface area contributed by atoms with Gasteiger partial charge < -0.3 is 10.1 Å². The van der Waals surface area contributed by atoms with E-state index in [0.29, 0.717) is 12.4 Å². The lowest BCUT2D eigenvalue weighted by molar-refractivity contribution is -0.119. The molecule has 1 aliphatic carbocycles. The van der Waals surface area contributed by atoms with Crippen LogP contribution in [0.2, 0.25) is 0 Å². The molecule has 1 atom stereocenters. The molecule has 3 aromatic rings. The Balaban J connectivity index is 1.32. The number of para-hydroxylation sites is 2. The third-order valence-electron chi connectivity index (χ3n) is 5.74. The molecule has 5 rings (SSSR count). The molecular formula is C24H25N3O2S. The fraction of sp³-hybridized carbons (Fsp3) is 0.333. The number of imidazole rings is 1. The summed E-state index contributed by atoms with van der Waals surface area (Å²) in [5, 5.41) is 4.10. The number of ether oxygens (including phenoxy) is 1. The van der Waals surface area contributed by atoms with Crippen molar-refractivity contribution in [2.75, 3.05) is 12.4 Å². The summed E-state index contributed by atoms with van der Waals surface area (Å²) < 4.78 is 7.95. The smallest absolute Gasteiger partial charge is 0.230 e. The summed E-state index contributed by atoms with van der Waals surface area (Å²) in [5.41, 5.74) is 4.66. The van der Waals surface area contributed by atoms with Crippen molar-refractivity contribution in [1.29, 1.82) is 0 Å². The first-order valence-corrected chi connectivity index (χ1v) is 11.6. The molecule has 6 heteroatoms. The van der Waals surface area contributed by atoms with Gasteiger partial charge in [0, 0.05) is 23.4 Å². The zero-order valence-corrected chi connectivity index (χ0v) is 17.7. The summed E-state index contributed by atoms with van der Waals surface area (Å²) >= 11 is 1.52. The first-order valence-electron chi connectivity index (χ1n) is 10.6. The Bertz CT molecular complexity index is 1050. The molecule has 1 aromatic heterocycles. The van der Waals surface area contributed by atoms with Crippen LogP contribution in [0.5, 0.6) is 5.75 Å². The Kier molecular flexibility index (Phi) is 5.49. The molecule has 2 aromatic carbocycles. The van der Waals surface area contributed by atoms with Gasteiger partial charge in [0.2, 0.25) is 5.91 Å². The maximum absolute atomic E-state index is 12.8. The van der Waals surface area contributed by atoms with Crippen molar-refractivity contribution in [2.45, 2.75) is 43.3 Å². The maximum Gasteiger partial charge on any atom is 0.230 e. The van der Waals surface area contributed by atoms with Gasteiger partial charge >= 0.3 is 0 Å². The summed E-state index contributed by atoms with van der Waals surface area (Å²) in [5.74, 6) is 1.25. The summed E-state index contributed by atoms with van der Waals surface area (Å²) in [6.45, 7) is 0.625. The molecular weight excluding hydrogens is 394 g/mol. The SMILES string of the molecule is O=C(CSc1nc2c(n1-c1ccccc1)CCCC2)N[C@H]1CCOc2ccccc21. The Hall–Kier alpha value is -2.73. The number of carbonyl (C=O) groups excluding carboxylic acids is 1. The molecule has 0 unspecified atom stereocenters. The predicted octanol–water partition coefficient (Wildman–Crippen LogP) is 4.48. The molecule has 2 aliphatic rings. The van der Waals surface area contributed by atoms with Crippen molar-refractivity contribution in [3.63, 3.8) is 0 Å². The van der Waals surface area contributed by atoms with Crippen LogP contribution in [0.15, 0.2) is 59.8 Å². The molecule has 0 spiro atoms. The molecule has 1 N–H and O–H groups in total. The van der Waals surface area contributed by atoms with Crippen LogP contribution in [0.1, 0.15) is 42.3 Å². The molecule has 154 valence electrons. The van der Waals surface area contributed by atoms with Crippen LogP contribution in [0.3, 0.4) is 0 Å². The second-order valence-corrected chi connectivity index (χ2v) is 8.69. The molecule has 0 saturated heterocycles. The van der Waals surface area contributed by atoms with Crippen molar-refractivity contribution < 1.29 is 9.53 Å². The largest absolute Gasteiger partial charge is 0.493 e. The molecule has 30 heavy (non-hydrogen) atoms. The van der Waals surface area contributed by atoms with Crippen molar-refractivity contribution in [3.8, 4) is 11.4 Å². The van der Waals surface area contributed by atoms with E-state index in [-0.39, 0.29) is 11.9 Å². The van der Waals surface area contributed by atoms with Gasteiger partial charge in [-0.2, -0.15) is 0 Å². The standard InChI is InChI=1S/C24H25N3O2S/c28-23(25-19-14-15-29-22-13-7-4-10-18(19)22)16-30-24-26-20-11-5-6-12-21(20)27(24)17-8-2-1-3-9-17/h1-4,7-10,13,19H,5-6,11-12,14-16H2,(H,25,28)/t19-/m0/s1. The second-order valence-electron chi connectivity index (χ2n) is 7.75. The van der Waals surface area contributed by atoms with Crippen molar-refractivity contribution in [1.82, 2.24) is 14.9 Å². The Morgan fingerprint density at radius 2 is 1.90 bits per heavy atom. The first-order chi connectivity index (χ1) is 14.8. The number of nitrogens with zero attached hydrogens (tertiary/aromatic N) is 2. The molecule has 0 saturated carbocycles. The molecule has 0 fully saturated rings. The van der Waals surface area contributed by atoms with E-state index >= 15 is 0 Å². The van der Waals surface area contributed by atoms with E-state index < -0.39 is 0 Å². The van der Waals surface area contributed by atoms with Crippen LogP contribution in [0.25, 0.3) is 5.69 Å². The van der Waals surface area contributed by atoms with Crippen molar-refractivity contribution in [2.24, 2.45) is 0 Å². The van der Waals surface area contributed by atoms with Crippen LogP contribution >= 0.6 is 11.8 Å². The van der Waals surface area contributed by atoms with E-state index in [1.165, 1.54) is 36.0 Å². The lowest BCUT2D eigenvalue weighted by atomic mass is 10.0. The minimum Gasteiger partial charge on any atom is -0.493 e. The number of rotatable bonds is 5. The highest BCUT2D eigenvalue weighted by molar-refractivity contribution is 7.99. The fourth-order valence-electron chi connectivity index (χ4n) is 4.31. The normalized spacial score (nSPS) is 17.5. The van der Waals surface area contributed by atoms with Crippen molar-refractivity contribution >= 4 is 17.7 Å². The molecule has 0 radical (unpaired) electrons. The average Bonchev–Trinajstić information content (AvgIpc) is 3.17. The highest BCUT2D eigenvalue weighted by Crippen LogP contribution is 2.33. The number of carbonyl (C=O) groups is 1. The average molecular weight is 420 g/mol. The Labute approximate surface area is 180 Å². The van der Waals surface area contributed by atoms with Gasteiger partial charge in [-0.25, -0.2) is 4.98 Å². The zero-order valence-electron chi connectivity index (χ0n) is 16.8. The summed E-state index contributed by atoms with van der Waals surface area (Å²) in [6.07, 6.45) is 5.24. The third-order valence-corrected chi connectivity index (χ3v) is 6.68. The van der Waals surface area contributed by atoms with E-state index in [9.17, 15) is 4.79 Å². The topological polar surface area (TPSA) is 56.2 Å². The lowest BCUT2D eigenvalue weighted by Gasteiger charge is -2.26. The first kappa shape index (κ1) is 19.2. The number of fused-ring (bicyclic) bond motifs is 2. The number of nitrogens with one attached hydrogen (secondary N) is 1. The second kappa shape index (κ2) is 8.56. The third kappa shape index (κ3) is 3.84. The van der Waals surface area contributed by atoms with Gasteiger partial charge in [0.25, 0.3) is 0 Å². The summed E-state index contributed by atoms with van der Waals surface area (Å²) in [4.78, 5) is 17.7. The van der Waals surface area contributed by atoms with Gasteiger partial charge in [-0.05, 0) is 43.9 Å². The molecule has 1 aliphatic heterocycles. The van der Waals surface area contributed by atoms with Crippen LogP contribution in [-0.4, -0.2) is 27.8 Å². The fourth-order valence-corrected chi connectivity index (χ4v) is 5.18. The number of hydrogen-bond acceptors (Lipinski definition) is 4. The molecule has 2 heterocycles. The van der Waals surface area contributed by atoms with Gasteiger partial charge in [0.05, 0.1) is 24.1 Å². The van der Waals surface area contributed by atoms with Gasteiger partial charge in [-0.15, -0.1) is 0 Å². The Morgan fingerprint density at radius 1 is 1.10 bits per heavy atom. The predicted molar refractivity (Wildman–Crippen MR) is 118 cm³/mol. The van der Waals surface area contributed by atoms with Crippen LogP contribution in [-0.2, 0) is 17.6 Å². The van der Waals surface area contributed by atoms with Crippen LogP contribution in [0.4, 0.5) is 0 Å². The van der Waals surface area contributed by atoms with E-state index in [1.54, 1.807) is 0 Å². The quantitative estimate of drug-likeness (QED) is 0.620. The number of thioether (sulfide) groups is 1. The highest BCUT2D eigenvalue weighted by Gasteiger charge is 2.24. The molecule has 5 nitrogen and oxygen atoms in total. The summed E-state index contributed by atoms with van der Waals surface area (Å²) in [7, 11) is 0. The zero-order chi connectivity index (χ0) is 20.3. The van der Waals surface area contributed by atoms with Crippen LogP contribution < -0.4 is 10.1 Å². The van der Waals surface area contributed by atoms with Crippen LogP contribution in [0, 0.1) is 0 Å². The Morgan fingerprint density at radius 3 is 2.80 bits per heavy atom. The van der Waals surface area contributed by atoms with Gasteiger partial charge in [-0.3, -0.25) is 9.36 Å². The van der Waals surface area contributed by atoms with E-state index in [2.05, 4.69) is 22.0 Å². The molecule has 1 amide bonds. The monoisotopic (exact) mass is 419 g/mol. The van der Waals surface area contributed by atoms with Crippen molar-refractivity contribution in [3.05, 3.63) is 71.5 Å². The van der Waals surface area contributed by atoms with Gasteiger partial charge in [-0.1, -0.05) is 48.2 Å². The van der Waals surface area contributed by atoms with E-state index in [4.69, 9.17) is 9.72 Å². The van der Waals surface area contributed by atoms with E-state index in [1.807, 2.05) is 42.5 Å². The van der Waals surface area contributed by atoms with Gasteiger partial charge in [0.1, 0.15) is 5.75 Å². The molecule has 0 bridgehead atoms. The number of aryl methyl sites for hydroxylation is 1. The summed E-state index contributed by atoms with van der Waals surface area (Å²) in [6, 6.07) is 18.3.